The van der Waals surface area contributed by atoms with Crippen LogP contribution in [-0.4, -0.2) is 13.1 Å². The maximum absolute atomic E-state index is 14.0. The normalized spacial score (nSPS) is 15.6. The van der Waals surface area contributed by atoms with E-state index >= 15 is 0 Å². The predicted molar refractivity (Wildman–Crippen MR) is 245 cm³/mol. The van der Waals surface area contributed by atoms with Gasteiger partial charge < -0.3 is 13.7 Å². The third-order valence-corrected chi connectivity index (χ3v) is 14.4. The molecule has 0 atom stereocenters. The fraction of sp³-hybridized carbons (Fsp3) is 0.208. The summed E-state index contributed by atoms with van der Waals surface area (Å²) in [6, 6.07) is 41.7. The first kappa shape index (κ1) is 35.9. The number of thiophene rings is 1. The summed E-state index contributed by atoms with van der Waals surface area (Å²) in [7, 11) is 0. The number of nitrogens with zero attached hydrogens (tertiary/aromatic N) is 1. The molecule has 0 unspecified atom stereocenters. The summed E-state index contributed by atoms with van der Waals surface area (Å²) in [5.74, 6) is 0. The Morgan fingerprint density at radius 2 is 1.27 bits per heavy atom. The minimum absolute atomic E-state index is 0.0236. The predicted octanol–water partition coefficient (Wildman–Crippen LogP) is 13.4. The molecule has 0 spiro atoms. The van der Waals surface area contributed by atoms with Crippen molar-refractivity contribution in [1.82, 2.24) is 0 Å². The zero-order valence-electron chi connectivity index (χ0n) is 33.9. The van der Waals surface area contributed by atoms with Gasteiger partial charge in [0.1, 0.15) is 11.2 Å². The minimum atomic E-state index is -0.326. The van der Waals surface area contributed by atoms with E-state index in [0.717, 1.165) is 101 Å². The van der Waals surface area contributed by atoms with Gasteiger partial charge in [0.05, 0.1) is 11.1 Å². The average Bonchev–Trinajstić information content (AvgIpc) is 3.71. The summed E-state index contributed by atoms with van der Waals surface area (Å²) in [5.41, 5.74) is 10.5. The molecule has 6 heteroatoms. The number of fused-ring (bicyclic) bond motifs is 6. The number of hydrogen-bond donors (Lipinski definition) is 0. The first-order chi connectivity index (χ1) is 28.5. The molecule has 5 heterocycles. The molecule has 5 nitrogen and oxygen atoms in total. The highest BCUT2D eigenvalue weighted by Gasteiger charge is 2.42. The molecule has 0 saturated heterocycles. The van der Waals surface area contributed by atoms with Gasteiger partial charge >= 0.3 is 11.3 Å². The third kappa shape index (κ3) is 5.49. The van der Waals surface area contributed by atoms with Crippen molar-refractivity contribution in [2.45, 2.75) is 58.3 Å². The van der Waals surface area contributed by atoms with Crippen LogP contribution in [0.25, 0.3) is 86.6 Å². The van der Waals surface area contributed by atoms with Crippen LogP contribution in [0.2, 0.25) is 0 Å². The Bertz CT molecular complexity index is 3360. The number of anilines is 1. The van der Waals surface area contributed by atoms with Gasteiger partial charge in [-0.25, -0.2) is 9.59 Å². The molecule has 0 fully saturated rings. The van der Waals surface area contributed by atoms with Crippen molar-refractivity contribution >= 4 is 60.5 Å². The van der Waals surface area contributed by atoms with Gasteiger partial charge in [-0.3, -0.25) is 0 Å². The second kappa shape index (κ2) is 12.9. The maximum Gasteiger partial charge on any atom is 0.345 e. The zero-order chi connectivity index (χ0) is 40.4. The SMILES string of the molecule is Cc1c(-c2ccc(-c3ccc(-c4cccc(-c5cc6cc7c8c(c6oc5=O)C(C)(C)CCN8CCC7(C)C)c4)c4ccccc34)s2)c(=O)oc2ccc3ccccc3c12. The van der Waals surface area contributed by atoms with Crippen LogP contribution in [0.5, 0.6) is 0 Å². The molecule has 2 aliphatic heterocycles. The Kier molecular flexibility index (Phi) is 7.83. The lowest BCUT2D eigenvalue weighted by molar-refractivity contribution is 0.398. The lowest BCUT2D eigenvalue weighted by Gasteiger charge is -2.48. The van der Waals surface area contributed by atoms with Crippen molar-refractivity contribution in [2.75, 3.05) is 18.0 Å². The molecule has 2 aliphatic rings. The summed E-state index contributed by atoms with van der Waals surface area (Å²) >= 11 is 1.61. The Hall–Kier alpha value is -6.24. The van der Waals surface area contributed by atoms with Gasteiger partial charge in [0.25, 0.3) is 0 Å². The average molecular weight is 790 g/mol. The van der Waals surface area contributed by atoms with Gasteiger partial charge in [-0.15, -0.1) is 11.3 Å². The first-order valence-electron chi connectivity index (χ1n) is 20.6. The molecule has 3 aromatic heterocycles. The van der Waals surface area contributed by atoms with E-state index in [4.69, 9.17) is 8.83 Å². The van der Waals surface area contributed by atoms with Crippen molar-refractivity contribution in [1.29, 1.82) is 0 Å². The molecule has 0 amide bonds. The maximum atomic E-state index is 14.0. The fourth-order valence-electron chi connectivity index (χ4n) is 10.0. The van der Waals surface area contributed by atoms with Gasteiger partial charge in [0.2, 0.25) is 0 Å². The number of hydrogen-bond acceptors (Lipinski definition) is 6. The topological polar surface area (TPSA) is 63.7 Å². The molecule has 11 rings (SSSR count). The lowest BCUT2D eigenvalue weighted by Crippen LogP contribution is -2.44. The third-order valence-electron chi connectivity index (χ3n) is 13.3. The van der Waals surface area contributed by atoms with Crippen LogP contribution in [-0.2, 0) is 10.8 Å². The van der Waals surface area contributed by atoms with Gasteiger partial charge in [0, 0.05) is 44.9 Å². The highest BCUT2D eigenvalue weighted by Crippen LogP contribution is 2.52. The van der Waals surface area contributed by atoms with E-state index in [9.17, 15) is 9.59 Å². The largest absolute Gasteiger partial charge is 0.422 e. The number of rotatable bonds is 4. The van der Waals surface area contributed by atoms with Crippen LogP contribution in [0, 0.1) is 6.92 Å². The highest BCUT2D eigenvalue weighted by molar-refractivity contribution is 7.19. The van der Waals surface area contributed by atoms with E-state index in [1.807, 2.05) is 49.4 Å². The molecule has 290 valence electrons. The van der Waals surface area contributed by atoms with Gasteiger partial charge in [-0.1, -0.05) is 113 Å². The van der Waals surface area contributed by atoms with E-state index in [1.165, 1.54) is 16.8 Å². The van der Waals surface area contributed by atoms with Gasteiger partial charge in [0.15, 0.2) is 0 Å². The molecule has 6 aromatic carbocycles. The second-order valence-corrected chi connectivity index (χ2v) is 18.9. The van der Waals surface area contributed by atoms with E-state index in [-0.39, 0.29) is 22.1 Å². The minimum Gasteiger partial charge on any atom is -0.422 e. The summed E-state index contributed by atoms with van der Waals surface area (Å²) in [6.07, 6.45) is 2.11. The van der Waals surface area contributed by atoms with Crippen LogP contribution < -0.4 is 16.2 Å². The Balaban J connectivity index is 1.00. The monoisotopic (exact) mass is 789 g/mol. The summed E-state index contributed by atoms with van der Waals surface area (Å²) in [4.78, 5) is 32.0. The van der Waals surface area contributed by atoms with E-state index in [0.29, 0.717) is 16.7 Å². The Morgan fingerprint density at radius 3 is 2.07 bits per heavy atom. The number of benzene rings is 6. The van der Waals surface area contributed by atoms with E-state index in [1.54, 1.807) is 11.3 Å². The van der Waals surface area contributed by atoms with Crippen LogP contribution in [0.15, 0.2) is 140 Å². The van der Waals surface area contributed by atoms with Crippen LogP contribution >= 0.6 is 11.3 Å². The molecule has 0 saturated carbocycles. The van der Waals surface area contributed by atoms with Crippen LogP contribution in [0.1, 0.15) is 57.2 Å². The molecule has 0 aliphatic carbocycles. The van der Waals surface area contributed by atoms with Crippen molar-refractivity contribution in [3.8, 4) is 43.1 Å². The standard InChI is InChI=1S/C53H43NO4S/c1-30-45-36-14-7-6-11-31(36)17-20-42(45)57-51(56)46(30)44-22-21-43(59-44)39-19-18-35(37-15-8-9-16-38(37)39)32-12-10-13-33(27-32)40-28-34-29-41-48-47(49(34)58-50(40)55)53(4,5)24-26-54(48)25-23-52(41,2)3/h6-22,27-29H,23-26H2,1-5H3. The summed E-state index contributed by atoms with van der Waals surface area (Å²) in [6.45, 7) is 13.3. The summed E-state index contributed by atoms with van der Waals surface area (Å²) in [5, 5.41) is 6.36. The number of aryl methyl sites for hydroxylation is 1. The zero-order valence-corrected chi connectivity index (χ0v) is 34.7. The first-order valence-corrected chi connectivity index (χ1v) is 21.4. The molecule has 59 heavy (non-hydrogen) atoms. The molecular formula is C53H43NO4S. The molecule has 9 aromatic rings. The van der Waals surface area contributed by atoms with Crippen LogP contribution in [0.4, 0.5) is 5.69 Å². The summed E-state index contributed by atoms with van der Waals surface area (Å²) < 4.78 is 12.3. The lowest BCUT2D eigenvalue weighted by atomic mass is 9.69. The Morgan fingerprint density at radius 1 is 0.593 bits per heavy atom. The van der Waals surface area contributed by atoms with Gasteiger partial charge in [-0.05, 0) is 122 Å². The smallest absolute Gasteiger partial charge is 0.345 e. The van der Waals surface area contributed by atoms with Crippen molar-refractivity contribution in [2.24, 2.45) is 0 Å². The van der Waals surface area contributed by atoms with Gasteiger partial charge in [-0.2, -0.15) is 0 Å². The van der Waals surface area contributed by atoms with Crippen LogP contribution in [0.3, 0.4) is 0 Å². The van der Waals surface area contributed by atoms with Crippen molar-refractivity contribution in [3.05, 3.63) is 159 Å². The fourth-order valence-corrected chi connectivity index (χ4v) is 11.2. The van der Waals surface area contributed by atoms with Crippen molar-refractivity contribution < 1.29 is 8.83 Å². The second-order valence-electron chi connectivity index (χ2n) is 17.8. The van der Waals surface area contributed by atoms with Crippen molar-refractivity contribution in [3.63, 3.8) is 0 Å². The van der Waals surface area contributed by atoms with E-state index in [2.05, 4.69) is 111 Å². The quantitative estimate of drug-likeness (QED) is 0.131. The molecule has 0 bridgehead atoms. The highest BCUT2D eigenvalue weighted by atomic mass is 32.1. The van der Waals surface area contributed by atoms with E-state index < -0.39 is 0 Å². The molecule has 0 radical (unpaired) electrons. The molecular weight excluding hydrogens is 747 g/mol. The Labute approximate surface area is 346 Å². The molecule has 0 N–H and O–H groups in total.